The number of anilines is 1. The number of nitrogens with one attached hydrogen (secondary N) is 1. The van der Waals surface area contributed by atoms with Gasteiger partial charge < -0.3 is 10.2 Å². The summed E-state index contributed by atoms with van der Waals surface area (Å²) in [5, 5.41) is 14.1. The molecule has 0 fully saturated rings. The number of nitro benzene ring substituents is 1. The molecule has 0 spiro atoms. The summed E-state index contributed by atoms with van der Waals surface area (Å²) in [6.45, 7) is 5.22. The molecule has 218 valence electrons. The molecular weight excluding hydrogens is 544 g/mol. The number of hydrogen-bond acceptors (Lipinski definition) is 6. The van der Waals surface area contributed by atoms with Crippen LogP contribution in [0.1, 0.15) is 39.2 Å². The van der Waals surface area contributed by atoms with Crippen molar-refractivity contribution >= 4 is 33.2 Å². The van der Waals surface area contributed by atoms with Crippen molar-refractivity contribution in [1.29, 1.82) is 0 Å². The van der Waals surface area contributed by atoms with Crippen molar-refractivity contribution in [2.75, 3.05) is 17.4 Å². The Hall–Kier alpha value is -4.25. The van der Waals surface area contributed by atoms with Gasteiger partial charge in [0.1, 0.15) is 12.6 Å². The number of rotatable bonds is 14. The van der Waals surface area contributed by atoms with Crippen molar-refractivity contribution in [3.8, 4) is 0 Å². The van der Waals surface area contributed by atoms with Gasteiger partial charge in [0.15, 0.2) is 0 Å². The van der Waals surface area contributed by atoms with Gasteiger partial charge in [-0.25, -0.2) is 8.42 Å². The van der Waals surface area contributed by atoms with Gasteiger partial charge in [-0.1, -0.05) is 62.4 Å². The molecule has 0 aromatic heterocycles. The molecule has 2 atom stereocenters. The lowest BCUT2D eigenvalue weighted by molar-refractivity contribution is -0.384. The molecule has 11 heteroatoms. The first-order valence-corrected chi connectivity index (χ1v) is 15.0. The van der Waals surface area contributed by atoms with E-state index in [1.165, 1.54) is 41.3 Å². The Morgan fingerprint density at radius 2 is 1.49 bits per heavy atom. The molecular formula is C30H36N4O6S. The minimum absolute atomic E-state index is 0.0384. The normalized spacial score (nSPS) is 12.7. The van der Waals surface area contributed by atoms with Crippen LogP contribution in [0.2, 0.25) is 0 Å². The average molecular weight is 581 g/mol. The van der Waals surface area contributed by atoms with Crippen molar-refractivity contribution < 1.29 is 22.9 Å². The van der Waals surface area contributed by atoms with Gasteiger partial charge in [-0.15, -0.1) is 0 Å². The highest BCUT2D eigenvalue weighted by Gasteiger charge is 2.33. The summed E-state index contributed by atoms with van der Waals surface area (Å²) in [6.07, 6.45) is 1.50. The minimum atomic E-state index is -4.24. The fourth-order valence-electron chi connectivity index (χ4n) is 4.33. The molecule has 10 nitrogen and oxygen atoms in total. The Kier molecular flexibility index (Phi) is 11.0. The maximum Gasteiger partial charge on any atom is 0.269 e. The molecule has 2 amide bonds. The summed E-state index contributed by atoms with van der Waals surface area (Å²) in [4.78, 5) is 39.3. The van der Waals surface area contributed by atoms with Gasteiger partial charge in [0.25, 0.3) is 15.7 Å². The molecule has 3 aromatic rings. The number of hydrogen-bond donors (Lipinski definition) is 1. The number of nitro groups is 1. The highest BCUT2D eigenvalue weighted by molar-refractivity contribution is 7.92. The quantitative estimate of drug-likeness (QED) is 0.220. The van der Waals surface area contributed by atoms with Crippen LogP contribution in [-0.4, -0.2) is 55.2 Å². The monoisotopic (exact) mass is 580 g/mol. The van der Waals surface area contributed by atoms with E-state index in [-0.39, 0.29) is 34.8 Å². The zero-order chi connectivity index (χ0) is 30.0. The van der Waals surface area contributed by atoms with Crippen LogP contribution in [0.4, 0.5) is 11.4 Å². The molecule has 0 aliphatic heterocycles. The number of carbonyl (C=O) groups excluding carboxylic acids is 2. The van der Waals surface area contributed by atoms with Crippen LogP contribution in [0.15, 0.2) is 89.8 Å². The highest BCUT2D eigenvalue weighted by atomic mass is 32.2. The van der Waals surface area contributed by atoms with Crippen molar-refractivity contribution in [2.24, 2.45) is 0 Å². The van der Waals surface area contributed by atoms with Gasteiger partial charge in [-0.2, -0.15) is 0 Å². The second kappa shape index (κ2) is 14.4. The average Bonchev–Trinajstić information content (AvgIpc) is 2.98. The van der Waals surface area contributed by atoms with Crippen LogP contribution in [0, 0.1) is 10.1 Å². The summed E-state index contributed by atoms with van der Waals surface area (Å²) in [5.41, 5.74) is 0.842. The number of amides is 2. The predicted octanol–water partition coefficient (Wildman–Crippen LogP) is 4.55. The fraction of sp³-hybridized carbons (Fsp3) is 0.333. The molecule has 0 unspecified atom stereocenters. The first-order valence-electron chi connectivity index (χ1n) is 13.5. The van der Waals surface area contributed by atoms with E-state index in [1.54, 1.807) is 25.1 Å². The van der Waals surface area contributed by atoms with E-state index in [1.807, 2.05) is 44.2 Å². The van der Waals surface area contributed by atoms with E-state index in [2.05, 4.69) is 5.32 Å². The lowest BCUT2D eigenvalue weighted by Crippen LogP contribution is -2.54. The van der Waals surface area contributed by atoms with E-state index in [0.717, 1.165) is 9.87 Å². The topological polar surface area (TPSA) is 130 Å². The second-order valence-corrected chi connectivity index (χ2v) is 11.5. The number of benzene rings is 3. The van der Waals surface area contributed by atoms with Crippen molar-refractivity contribution in [2.45, 2.75) is 57.0 Å². The smallest absolute Gasteiger partial charge is 0.269 e. The molecule has 0 aliphatic carbocycles. The van der Waals surface area contributed by atoms with Crippen LogP contribution in [-0.2, 0) is 26.0 Å². The Balaban J connectivity index is 2.01. The fourth-order valence-corrected chi connectivity index (χ4v) is 5.76. The molecule has 3 rings (SSSR count). The maximum atomic E-state index is 14.0. The first kappa shape index (κ1) is 31.3. The van der Waals surface area contributed by atoms with E-state index in [4.69, 9.17) is 0 Å². The molecule has 0 saturated heterocycles. The number of non-ortho nitro benzene ring substituents is 1. The largest absolute Gasteiger partial charge is 0.352 e. The molecule has 1 N–H and O–H groups in total. The predicted molar refractivity (Wildman–Crippen MR) is 158 cm³/mol. The third kappa shape index (κ3) is 8.14. The van der Waals surface area contributed by atoms with E-state index < -0.39 is 33.4 Å². The minimum Gasteiger partial charge on any atom is -0.352 e. The van der Waals surface area contributed by atoms with Crippen molar-refractivity contribution in [1.82, 2.24) is 10.2 Å². The standard InChI is InChI=1S/C30H36N4O6S/c1-4-23(3)31-30(36)28(5-2)32(21-20-24-12-8-6-9-13-24)29(35)22-33(25-16-18-26(19-17-25)34(37)38)41(39,40)27-14-10-7-11-15-27/h6-19,23,28H,4-5,20-22H2,1-3H3,(H,31,36)/t23-,28-/m0/s1. The van der Waals surface area contributed by atoms with Gasteiger partial charge >= 0.3 is 0 Å². The van der Waals surface area contributed by atoms with Crippen LogP contribution in [0.5, 0.6) is 0 Å². The summed E-state index contributed by atoms with van der Waals surface area (Å²) in [7, 11) is -4.24. The third-order valence-electron chi connectivity index (χ3n) is 6.83. The van der Waals surface area contributed by atoms with E-state index >= 15 is 0 Å². The van der Waals surface area contributed by atoms with Crippen molar-refractivity contribution in [3.05, 3.63) is 101 Å². The number of carbonyl (C=O) groups is 2. The first-order chi connectivity index (χ1) is 19.6. The molecule has 41 heavy (non-hydrogen) atoms. The van der Waals surface area contributed by atoms with Crippen LogP contribution >= 0.6 is 0 Å². The summed E-state index contributed by atoms with van der Waals surface area (Å²) >= 11 is 0. The maximum absolute atomic E-state index is 14.0. The van der Waals surface area contributed by atoms with Gasteiger partial charge in [0.05, 0.1) is 15.5 Å². The second-order valence-electron chi connectivity index (χ2n) is 9.66. The molecule has 0 radical (unpaired) electrons. The van der Waals surface area contributed by atoms with E-state index in [0.29, 0.717) is 19.3 Å². The molecule has 0 bridgehead atoms. The summed E-state index contributed by atoms with van der Waals surface area (Å²) in [5.74, 6) is -0.874. The SMILES string of the molecule is CC[C@H](C)NC(=O)[C@H](CC)N(CCc1ccccc1)C(=O)CN(c1ccc([N+](=O)[O-])cc1)S(=O)(=O)c1ccccc1. The van der Waals surface area contributed by atoms with Crippen LogP contribution < -0.4 is 9.62 Å². The molecule has 0 aliphatic rings. The van der Waals surface area contributed by atoms with Crippen LogP contribution in [0.3, 0.4) is 0 Å². The lowest BCUT2D eigenvalue weighted by atomic mass is 10.1. The lowest BCUT2D eigenvalue weighted by Gasteiger charge is -2.33. The highest BCUT2D eigenvalue weighted by Crippen LogP contribution is 2.26. The Morgan fingerprint density at radius 1 is 0.902 bits per heavy atom. The van der Waals surface area contributed by atoms with E-state index in [9.17, 15) is 28.1 Å². The number of nitrogens with zero attached hydrogens (tertiary/aromatic N) is 3. The Morgan fingerprint density at radius 3 is 2.02 bits per heavy atom. The summed E-state index contributed by atoms with van der Waals surface area (Å²) < 4.78 is 28.5. The van der Waals surface area contributed by atoms with Gasteiger partial charge in [-0.3, -0.25) is 24.0 Å². The zero-order valence-electron chi connectivity index (χ0n) is 23.5. The summed E-state index contributed by atoms with van der Waals surface area (Å²) in [6, 6.07) is 21.2. The van der Waals surface area contributed by atoms with Crippen LogP contribution in [0.25, 0.3) is 0 Å². The van der Waals surface area contributed by atoms with Crippen molar-refractivity contribution in [3.63, 3.8) is 0 Å². The van der Waals surface area contributed by atoms with Gasteiger partial charge in [0.2, 0.25) is 11.8 Å². The van der Waals surface area contributed by atoms with Gasteiger partial charge in [0, 0.05) is 24.7 Å². The Labute approximate surface area is 241 Å². The third-order valence-corrected chi connectivity index (χ3v) is 8.62. The molecule has 0 saturated carbocycles. The number of sulfonamides is 1. The van der Waals surface area contributed by atoms with Gasteiger partial charge in [-0.05, 0) is 56.0 Å². The Bertz CT molecular complexity index is 1420. The molecule has 3 aromatic carbocycles. The molecule has 0 heterocycles. The zero-order valence-corrected chi connectivity index (χ0v) is 24.3.